The second-order valence-electron chi connectivity index (χ2n) is 5.43. The average Bonchev–Trinajstić information content (AvgIpc) is 2.83. The second kappa shape index (κ2) is 5.73. The maximum absolute atomic E-state index is 12.6. The van der Waals surface area contributed by atoms with Gasteiger partial charge in [-0.3, -0.25) is 9.40 Å². The van der Waals surface area contributed by atoms with E-state index in [9.17, 15) is 8.42 Å². The minimum absolute atomic E-state index is 0.267. The fourth-order valence-corrected chi connectivity index (χ4v) is 3.77. The summed E-state index contributed by atoms with van der Waals surface area (Å²) in [5.41, 5.74) is 3.00. The normalized spacial score (nSPS) is 14.6. The van der Waals surface area contributed by atoms with Crippen LogP contribution in [-0.2, 0) is 36.5 Å². The molecule has 0 aliphatic carbocycles. The topological polar surface area (TPSA) is 76.0 Å². The zero-order chi connectivity index (χ0) is 15.7. The number of nitrogens with one attached hydrogen (secondary N) is 2. The Hall–Kier alpha value is -1.86. The van der Waals surface area contributed by atoms with Gasteiger partial charge in [-0.2, -0.15) is 5.10 Å². The molecule has 118 valence electrons. The maximum atomic E-state index is 12.6. The molecule has 0 bridgehead atoms. The highest BCUT2D eigenvalue weighted by Crippen LogP contribution is 2.25. The summed E-state index contributed by atoms with van der Waals surface area (Å²) < 4.78 is 29.4. The molecule has 0 radical (unpaired) electrons. The Balaban J connectivity index is 1.92. The Morgan fingerprint density at radius 1 is 1.32 bits per heavy atom. The highest BCUT2D eigenvalue weighted by Gasteiger charge is 2.23. The molecule has 0 unspecified atom stereocenters. The molecule has 2 aromatic rings. The van der Waals surface area contributed by atoms with Crippen molar-refractivity contribution in [1.29, 1.82) is 0 Å². The van der Waals surface area contributed by atoms with Crippen LogP contribution in [0.25, 0.3) is 0 Å². The van der Waals surface area contributed by atoms with Crippen LogP contribution in [0.2, 0.25) is 0 Å². The van der Waals surface area contributed by atoms with Gasteiger partial charge in [0.15, 0.2) is 0 Å². The fourth-order valence-electron chi connectivity index (χ4n) is 2.65. The maximum Gasteiger partial charge on any atom is 0.263 e. The third-order valence-electron chi connectivity index (χ3n) is 3.94. The number of hydrogen-bond donors (Lipinski definition) is 2. The molecular weight excluding hydrogens is 300 g/mol. The van der Waals surface area contributed by atoms with E-state index in [2.05, 4.69) is 15.1 Å². The number of sulfonamides is 1. The third kappa shape index (κ3) is 2.74. The van der Waals surface area contributed by atoms with Crippen molar-refractivity contribution in [3.05, 3.63) is 41.1 Å². The van der Waals surface area contributed by atoms with Gasteiger partial charge in [0.2, 0.25) is 0 Å². The van der Waals surface area contributed by atoms with Crippen LogP contribution in [0.3, 0.4) is 0 Å². The monoisotopic (exact) mass is 320 g/mol. The second-order valence-corrected chi connectivity index (χ2v) is 7.11. The molecule has 0 saturated carbocycles. The quantitative estimate of drug-likeness (QED) is 0.893. The minimum Gasteiger partial charge on any atom is -0.312 e. The number of aromatic nitrogens is 2. The molecule has 7 heteroatoms. The number of fused-ring (bicyclic) bond motifs is 1. The van der Waals surface area contributed by atoms with Gasteiger partial charge < -0.3 is 5.32 Å². The standard InChI is InChI=1S/C15H20N4O2S/c1-3-11-4-6-12(7-5-11)22(20,21)18-15-13-10-16-9-8-14(13)17-19(15)2/h4-7,16,18H,3,8-10H2,1-2H3. The summed E-state index contributed by atoms with van der Waals surface area (Å²) in [6, 6.07) is 6.97. The smallest absolute Gasteiger partial charge is 0.263 e. The lowest BCUT2D eigenvalue weighted by molar-refractivity contribution is 0.600. The average molecular weight is 320 g/mol. The molecule has 0 fully saturated rings. The summed E-state index contributed by atoms with van der Waals surface area (Å²) >= 11 is 0. The summed E-state index contributed by atoms with van der Waals surface area (Å²) in [6.45, 7) is 3.54. The van der Waals surface area contributed by atoms with Crippen LogP contribution >= 0.6 is 0 Å². The zero-order valence-electron chi connectivity index (χ0n) is 12.8. The molecule has 1 aliphatic rings. The van der Waals surface area contributed by atoms with Crippen molar-refractivity contribution in [2.45, 2.75) is 31.2 Å². The predicted molar refractivity (Wildman–Crippen MR) is 85.2 cm³/mol. The molecule has 22 heavy (non-hydrogen) atoms. The molecule has 6 nitrogen and oxygen atoms in total. The number of anilines is 1. The molecule has 3 rings (SSSR count). The van der Waals surface area contributed by atoms with Crippen molar-refractivity contribution in [3.8, 4) is 0 Å². The van der Waals surface area contributed by atoms with Crippen molar-refractivity contribution in [1.82, 2.24) is 15.1 Å². The molecule has 1 aliphatic heterocycles. The SMILES string of the molecule is CCc1ccc(S(=O)(=O)Nc2c3c(nn2C)CCNC3)cc1. The molecule has 2 heterocycles. The van der Waals surface area contributed by atoms with Crippen molar-refractivity contribution < 1.29 is 8.42 Å². The summed E-state index contributed by atoms with van der Waals surface area (Å²) in [6.07, 6.45) is 1.70. The lowest BCUT2D eigenvalue weighted by Crippen LogP contribution is -2.24. The van der Waals surface area contributed by atoms with Crippen LogP contribution in [0.15, 0.2) is 29.2 Å². The minimum atomic E-state index is -3.60. The molecular formula is C15H20N4O2S. The van der Waals surface area contributed by atoms with Gasteiger partial charge in [-0.05, 0) is 24.1 Å². The largest absolute Gasteiger partial charge is 0.312 e. The van der Waals surface area contributed by atoms with Crippen LogP contribution in [0.4, 0.5) is 5.82 Å². The first-order chi connectivity index (χ1) is 10.5. The molecule has 0 atom stereocenters. The number of aryl methyl sites for hydroxylation is 2. The van der Waals surface area contributed by atoms with Crippen LogP contribution in [0, 0.1) is 0 Å². The summed E-state index contributed by atoms with van der Waals surface area (Å²) in [5, 5.41) is 7.65. The fraction of sp³-hybridized carbons (Fsp3) is 0.400. The van der Waals surface area contributed by atoms with Gasteiger partial charge in [0.05, 0.1) is 10.6 Å². The van der Waals surface area contributed by atoms with E-state index in [0.29, 0.717) is 12.4 Å². The van der Waals surface area contributed by atoms with E-state index in [-0.39, 0.29) is 4.90 Å². The molecule has 0 saturated heterocycles. The Morgan fingerprint density at radius 3 is 2.73 bits per heavy atom. The van der Waals surface area contributed by atoms with Gasteiger partial charge >= 0.3 is 0 Å². The Labute approximate surface area is 130 Å². The predicted octanol–water partition coefficient (Wildman–Crippen LogP) is 1.43. The lowest BCUT2D eigenvalue weighted by atomic mass is 10.1. The summed E-state index contributed by atoms with van der Waals surface area (Å²) in [5.74, 6) is 0.543. The van der Waals surface area contributed by atoms with Crippen LogP contribution in [0.1, 0.15) is 23.7 Å². The van der Waals surface area contributed by atoms with E-state index in [1.54, 1.807) is 23.9 Å². The Bertz CT molecular complexity index is 779. The number of nitrogens with zero attached hydrogens (tertiary/aromatic N) is 2. The van der Waals surface area contributed by atoms with Gasteiger partial charge in [-0.15, -0.1) is 0 Å². The highest BCUT2D eigenvalue weighted by atomic mass is 32.2. The van der Waals surface area contributed by atoms with Crippen LogP contribution < -0.4 is 10.0 Å². The van der Waals surface area contributed by atoms with Gasteiger partial charge in [0.25, 0.3) is 10.0 Å². The van der Waals surface area contributed by atoms with Crippen molar-refractivity contribution in [2.24, 2.45) is 7.05 Å². The first-order valence-electron chi connectivity index (χ1n) is 7.38. The highest BCUT2D eigenvalue weighted by molar-refractivity contribution is 7.92. The summed E-state index contributed by atoms with van der Waals surface area (Å²) in [7, 11) is -1.84. The van der Waals surface area contributed by atoms with E-state index in [4.69, 9.17) is 0 Å². The molecule has 1 aromatic heterocycles. The third-order valence-corrected chi connectivity index (χ3v) is 5.30. The Morgan fingerprint density at radius 2 is 2.05 bits per heavy atom. The number of hydrogen-bond acceptors (Lipinski definition) is 4. The number of rotatable bonds is 4. The molecule has 0 amide bonds. The van der Waals surface area contributed by atoms with Crippen molar-refractivity contribution >= 4 is 15.8 Å². The molecule has 0 spiro atoms. The molecule has 2 N–H and O–H groups in total. The first kappa shape index (κ1) is 15.1. The molecule has 1 aromatic carbocycles. The lowest BCUT2D eigenvalue weighted by Gasteiger charge is -2.14. The van der Waals surface area contributed by atoms with Crippen molar-refractivity contribution in [2.75, 3.05) is 11.3 Å². The van der Waals surface area contributed by atoms with E-state index < -0.39 is 10.0 Å². The van der Waals surface area contributed by atoms with E-state index in [0.717, 1.165) is 36.2 Å². The zero-order valence-corrected chi connectivity index (χ0v) is 13.6. The first-order valence-corrected chi connectivity index (χ1v) is 8.87. The van der Waals surface area contributed by atoms with Crippen LogP contribution in [-0.4, -0.2) is 24.7 Å². The number of benzene rings is 1. The van der Waals surface area contributed by atoms with Gasteiger partial charge in [-0.1, -0.05) is 19.1 Å². The Kier molecular flexibility index (Phi) is 3.92. The van der Waals surface area contributed by atoms with Gasteiger partial charge in [0.1, 0.15) is 5.82 Å². The van der Waals surface area contributed by atoms with E-state index >= 15 is 0 Å². The van der Waals surface area contributed by atoms with Gasteiger partial charge in [0, 0.05) is 32.1 Å². The van der Waals surface area contributed by atoms with Crippen molar-refractivity contribution in [3.63, 3.8) is 0 Å². The van der Waals surface area contributed by atoms with Crippen LogP contribution in [0.5, 0.6) is 0 Å². The summed E-state index contributed by atoms with van der Waals surface area (Å²) in [4.78, 5) is 0.267. The van der Waals surface area contributed by atoms with Gasteiger partial charge in [-0.25, -0.2) is 8.42 Å². The van der Waals surface area contributed by atoms with E-state index in [1.807, 2.05) is 19.1 Å². The van der Waals surface area contributed by atoms with E-state index in [1.165, 1.54) is 0 Å².